The number of rotatable bonds is 5. The summed E-state index contributed by atoms with van der Waals surface area (Å²) in [6, 6.07) is 18.0. The molecule has 0 saturated heterocycles. The lowest BCUT2D eigenvalue weighted by atomic mass is 9.75. The molecule has 0 bridgehead atoms. The first-order valence-electron chi connectivity index (χ1n) is 10.2. The van der Waals surface area contributed by atoms with Crippen LogP contribution in [0.5, 0.6) is 0 Å². The smallest absolute Gasteiger partial charge is 0.449 e. The van der Waals surface area contributed by atoms with Gasteiger partial charge in [-0.25, -0.2) is 4.79 Å². The van der Waals surface area contributed by atoms with E-state index in [4.69, 9.17) is 10.5 Å². The van der Waals surface area contributed by atoms with E-state index in [0.717, 1.165) is 16.7 Å². The Bertz CT molecular complexity index is 1100. The van der Waals surface area contributed by atoms with E-state index in [1.165, 1.54) is 11.1 Å². The molecule has 31 heavy (non-hydrogen) atoms. The Hall–Kier alpha value is -3.29. The van der Waals surface area contributed by atoms with Crippen molar-refractivity contribution < 1.29 is 19.6 Å². The number of ether oxygens (including phenoxy) is 1. The van der Waals surface area contributed by atoms with Crippen molar-refractivity contribution in [1.82, 2.24) is 5.32 Å². The van der Waals surface area contributed by atoms with Gasteiger partial charge in [0.05, 0.1) is 0 Å². The van der Waals surface area contributed by atoms with Crippen LogP contribution in [0.25, 0.3) is 11.1 Å². The molecule has 1 aliphatic carbocycles. The van der Waals surface area contributed by atoms with Crippen molar-refractivity contribution >= 4 is 24.4 Å². The molecule has 0 aromatic heterocycles. The molecule has 4 rings (SSSR count). The first kappa shape index (κ1) is 21.0. The molecule has 3 aromatic rings. The Morgan fingerprint density at radius 3 is 2.19 bits per heavy atom. The van der Waals surface area contributed by atoms with Crippen LogP contribution < -0.4 is 16.5 Å². The molecule has 0 saturated carbocycles. The standard InChI is InChI=1S/C24H25BN2O4/c1-14-16(11-22(25(29)30)15(2)23(14)26)12-27-24(28)31-13-21-19-9-5-3-7-17(19)18-8-4-6-10-20(18)21/h3-11,21,29-30H,12-13,26H2,1-2H3,(H,27,28). The molecule has 1 amide bonds. The second-order valence-electron chi connectivity index (χ2n) is 7.84. The number of amides is 1. The normalized spacial score (nSPS) is 12.3. The zero-order chi connectivity index (χ0) is 22.1. The van der Waals surface area contributed by atoms with Crippen molar-refractivity contribution in [3.05, 3.63) is 82.4 Å². The van der Waals surface area contributed by atoms with Crippen LogP contribution in [0.2, 0.25) is 0 Å². The number of anilines is 1. The summed E-state index contributed by atoms with van der Waals surface area (Å²) in [6.07, 6.45) is -0.536. The number of carbonyl (C=O) groups excluding carboxylic acids is 1. The second kappa shape index (κ2) is 8.45. The number of nitrogen functional groups attached to an aromatic ring is 1. The Kier molecular flexibility index (Phi) is 5.72. The van der Waals surface area contributed by atoms with Crippen LogP contribution in [0.4, 0.5) is 10.5 Å². The highest BCUT2D eigenvalue weighted by atomic mass is 16.5. The molecule has 1 aliphatic rings. The first-order chi connectivity index (χ1) is 14.9. The minimum atomic E-state index is -1.63. The molecule has 0 heterocycles. The predicted molar refractivity (Wildman–Crippen MR) is 122 cm³/mol. The Balaban J connectivity index is 1.44. The van der Waals surface area contributed by atoms with Crippen LogP contribution in [0.3, 0.4) is 0 Å². The molecule has 0 fully saturated rings. The molecule has 7 heteroatoms. The van der Waals surface area contributed by atoms with Crippen molar-refractivity contribution in [2.75, 3.05) is 12.3 Å². The molecule has 0 unspecified atom stereocenters. The molecule has 3 aromatic carbocycles. The van der Waals surface area contributed by atoms with Crippen LogP contribution >= 0.6 is 0 Å². The second-order valence-corrected chi connectivity index (χ2v) is 7.84. The van der Waals surface area contributed by atoms with Gasteiger partial charge in [0.1, 0.15) is 6.61 Å². The summed E-state index contributed by atoms with van der Waals surface area (Å²) in [7, 11) is -1.63. The van der Waals surface area contributed by atoms with E-state index in [0.29, 0.717) is 22.3 Å². The molecule has 0 aliphatic heterocycles. The summed E-state index contributed by atoms with van der Waals surface area (Å²) >= 11 is 0. The number of nitrogens with two attached hydrogens (primary N) is 1. The van der Waals surface area contributed by atoms with Gasteiger partial charge >= 0.3 is 13.2 Å². The number of hydrogen-bond donors (Lipinski definition) is 4. The third-order valence-corrected chi connectivity index (χ3v) is 6.10. The maximum atomic E-state index is 12.4. The highest BCUT2D eigenvalue weighted by Gasteiger charge is 2.29. The van der Waals surface area contributed by atoms with Crippen molar-refractivity contribution in [3.63, 3.8) is 0 Å². The van der Waals surface area contributed by atoms with E-state index in [1.54, 1.807) is 13.0 Å². The Morgan fingerprint density at radius 2 is 1.61 bits per heavy atom. The van der Waals surface area contributed by atoms with Gasteiger partial charge in [0.2, 0.25) is 0 Å². The topological polar surface area (TPSA) is 105 Å². The van der Waals surface area contributed by atoms with E-state index in [1.807, 2.05) is 31.2 Å². The zero-order valence-corrected chi connectivity index (χ0v) is 17.6. The minimum Gasteiger partial charge on any atom is -0.449 e. The van der Waals surface area contributed by atoms with Gasteiger partial charge in [-0.15, -0.1) is 0 Å². The largest absolute Gasteiger partial charge is 0.488 e. The van der Waals surface area contributed by atoms with Gasteiger partial charge in [-0.2, -0.15) is 0 Å². The van der Waals surface area contributed by atoms with E-state index >= 15 is 0 Å². The average Bonchev–Trinajstić information content (AvgIpc) is 3.09. The van der Waals surface area contributed by atoms with Gasteiger partial charge in [0.15, 0.2) is 0 Å². The number of carbonyl (C=O) groups is 1. The van der Waals surface area contributed by atoms with Gasteiger partial charge in [-0.05, 0) is 58.3 Å². The minimum absolute atomic E-state index is 0.00829. The van der Waals surface area contributed by atoms with Crippen LogP contribution in [0, 0.1) is 13.8 Å². The van der Waals surface area contributed by atoms with Crippen molar-refractivity contribution in [2.24, 2.45) is 0 Å². The van der Waals surface area contributed by atoms with Crippen molar-refractivity contribution in [1.29, 1.82) is 0 Å². The maximum Gasteiger partial charge on any atom is 0.488 e. The molecule has 158 valence electrons. The van der Waals surface area contributed by atoms with Crippen LogP contribution in [0.15, 0.2) is 54.6 Å². The number of nitrogens with one attached hydrogen (secondary N) is 1. The highest BCUT2D eigenvalue weighted by molar-refractivity contribution is 6.59. The quantitative estimate of drug-likeness (QED) is 0.378. The summed E-state index contributed by atoms with van der Waals surface area (Å²) in [4.78, 5) is 12.4. The summed E-state index contributed by atoms with van der Waals surface area (Å²) in [6.45, 7) is 3.98. The van der Waals surface area contributed by atoms with Crippen molar-refractivity contribution in [3.8, 4) is 11.1 Å². The van der Waals surface area contributed by atoms with Crippen LogP contribution in [-0.4, -0.2) is 29.9 Å². The summed E-state index contributed by atoms with van der Waals surface area (Å²) < 4.78 is 5.55. The molecule has 0 spiro atoms. The Labute approximate surface area is 181 Å². The van der Waals surface area contributed by atoms with Gasteiger partial charge in [-0.3, -0.25) is 0 Å². The van der Waals surface area contributed by atoms with E-state index in [9.17, 15) is 14.8 Å². The van der Waals surface area contributed by atoms with E-state index < -0.39 is 13.2 Å². The van der Waals surface area contributed by atoms with E-state index in [2.05, 4.69) is 29.6 Å². The fourth-order valence-electron chi connectivity index (χ4n) is 4.28. The van der Waals surface area contributed by atoms with E-state index in [-0.39, 0.29) is 19.1 Å². The summed E-state index contributed by atoms with van der Waals surface area (Å²) in [5.41, 5.74) is 13.7. The first-order valence-corrected chi connectivity index (χ1v) is 10.2. The average molecular weight is 416 g/mol. The lowest BCUT2D eigenvalue weighted by molar-refractivity contribution is 0.142. The third kappa shape index (κ3) is 3.90. The molecular formula is C24H25BN2O4. The Morgan fingerprint density at radius 1 is 1.03 bits per heavy atom. The fraction of sp³-hybridized carbons (Fsp3) is 0.208. The number of fused-ring (bicyclic) bond motifs is 3. The fourth-order valence-corrected chi connectivity index (χ4v) is 4.28. The summed E-state index contributed by atoms with van der Waals surface area (Å²) in [5.74, 6) is -0.00829. The zero-order valence-electron chi connectivity index (χ0n) is 17.6. The van der Waals surface area contributed by atoms with Gasteiger partial charge in [-0.1, -0.05) is 54.6 Å². The highest BCUT2D eigenvalue weighted by Crippen LogP contribution is 2.44. The predicted octanol–water partition coefficient (Wildman–Crippen LogP) is 2.60. The molecule has 6 nitrogen and oxygen atoms in total. The van der Waals surface area contributed by atoms with Crippen LogP contribution in [-0.2, 0) is 11.3 Å². The lowest BCUT2D eigenvalue weighted by Gasteiger charge is -2.17. The maximum absolute atomic E-state index is 12.4. The molecular weight excluding hydrogens is 391 g/mol. The molecule has 5 N–H and O–H groups in total. The van der Waals surface area contributed by atoms with Gasteiger partial charge in [0.25, 0.3) is 0 Å². The van der Waals surface area contributed by atoms with Crippen molar-refractivity contribution in [2.45, 2.75) is 26.3 Å². The number of hydrogen-bond acceptors (Lipinski definition) is 5. The number of alkyl carbamates (subject to hydrolysis) is 1. The third-order valence-electron chi connectivity index (χ3n) is 6.10. The monoisotopic (exact) mass is 416 g/mol. The van der Waals surface area contributed by atoms with Crippen LogP contribution in [0.1, 0.15) is 33.7 Å². The summed E-state index contributed by atoms with van der Waals surface area (Å²) in [5, 5.41) is 21.9. The molecule has 0 radical (unpaired) electrons. The lowest BCUT2D eigenvalue weighted by Crippen LogP contribution is -2.34. The van der Waals surface area contributed by atoms with Gasteiger partial charge < -0.3 is 25.8 Å². The SMILES string of the molecule is Cc1c(CNC(=O)OCC2c3ccccc3-c3ccccc32)cc(B(O)O)c(C)c1N. The number of benzene rings is 3. The molecule has 0 atom stereocenters. The van der Waals surface area contributed by atoms with Gasteiger partial charge in [0, 0.05) is 18.2 Å².